The van der Waals surface area contributed by atoms with Gasteiger partial charge in [0.1, 0.15) is 0 Å². The van der Waals surface area contributed by atoms with Gasteiger partial charge in [0.15, 0.2) is 5.96 Å². The molecule has 0 radical (unpaired) electrons. The first-order chi connectivity index (χ1) is 10.8. The number of hydrogen-bond acceptors (Lipinski definition) is 3. The minimum absolute atomic E-state index is 0.404. The summed E-state index contributed by atoms with van der Waals surface area (Å²) in [5.41, 5.74) is 0. The average Bonchev–Trinajstić information content (AvgIpc) is 3.37. The van der Waals surface area contributed by atoms with E-state index in [1.807, 2.05) is 7.05 Å². The van der Waals surface area contributed by atoms with Gasteiger partial charge in [-0.1, -0.05) is 12.8 Å². The molecular formula is C17H33N3O2. The molecular weight excluding hydrogens is 278 g/mol. The third kappa shape index (κ3) is 6.53. The number of nitrogens with one attached hydrogen (secondary N) is 1. The van der Waals surface area contributed by atoms with E-state index in [4.69, 9.17) is 9.47 Å². The Hall–Kier alpha value is -0.810. The van der Waals surface area contributed by atoms with Crippen molar-refractivity contribution in [2.45, 2.75) is 51.0 Å². The molecule has 22 heavy (non-hydrogen) atoms. The lowest BCUT2D eigenvalue weighted by Crippen LogP contribution is -2.47. The van der Waals surface area contributed by atoms with Crippen LogP contribution in [0.3, 0.4) is 0 Å². The standard InChI is InChI=1S/C17H33N3O2/c1-18-17(19-10-3-5-15-6-7-15)20-11-8-16(9-12-20)22-14-4-13-21-2/h15-16H,3-14H2,1-2H3,(H,18,19). The summed E-state index contributed by atoms with van der Waals surface area (Å²) in [4.78, 5) is 6.80. The zero-order valence-electron chi connectivity index (χ0n) is 14.4. The Balaban J connectivity index is 1.56. The zero-order valence-corrected chi connectivity index (χ0v) is 14.4. The topological polar surface area (TPSA) is 46.1 Å². The van der Waals surface area contributed by atoms with Gasteiger partial charge < -0.3 is 19.7 Å². The van der Waals surface area contributed by atoms with Gasteiger partial charge in [0.2, 0.25) is 0 Å². The Morgan fingerprint density at radius 1 is 1.14 bits per heavy atom. The highest BCUT2D eigenvalue weighted by atomic mass is 16.5. The van der Waals surface area contributed by atoms with Gasteiger partial charge in [0.25, 0.3) is 0 Å². The van der Waals surface area contributed by atoms with Crippen molar-refractivity contribution >= 4 is 5.96 Å². The van der Waals surface area contributed by atoms with Crippen LogP contribution in [-0.4, -0.2) is 64.0 Å². The molecule has 1 heterocycles. The molecule has 0 aromatic heterocycles. The smallest absolute Gasteiger partial charge is 0.193 e. The lowest BCUT2D eigenvalue weighted by atomic mass is 10.1. The fraction of sp³-hybridized carbons (Fsp3) is 0.941. The van der Waals surface area contributed by atoms with Crippen molar-refractivity contribution in [1.29, 1.82) is 0 Å². The van der Waals surface area contributed by atoms with Crippen molar-refractivity contribution in [3.8, 4) is 0 Å². The predicted octanol–water partition coefficient (Wildman–Crippen LogP) is 2.27. The lowest BCUT2D eigenvalue weighted by Gasteiger charge is -2.34. The molecule has 1 saturated carbocycles. The maximum Gasteiger partial charge on any atom is 0.193 e. The summed E-state index contributed by atoms with van der Waals surface area (Å²) in [5.74, 6) is 2.09. The second-order valence-corrected chi connectivity index (χ2v) is 6.46. The third-order valence-corrected chi connectivity index (χ3v) is 4.57. The molecule has 5 heteroatoms. The van der Waals surface area contributed by atoms with Gasteiger partial charge in [0, 0.05) is 47.0 Å². The van der Waals surface area contributed by atoms with Gasteiger partial charge in [-0.05, 0) is 38.0 Å². The van der Waals surface area contributed by atoms with Gasteiger partial charge in [-0.3, -0.25) is 4.99 Å². The van der Waals surface area contributed by atoms with E-state index in [-0.39, 0.29) is 0 Å². The van der Waals surface area contributed by atoms with Gasteiger partial charge in [-0.15, -0.1) is 0 Å². The van der Waals surface area contributed by atoms with E-state index in [9.17, 15) is 0 Å². The molecule has 0 spiro atoms. The van der Waals surface area contributed by atoms with Crippen LogP contribution in [0.2, 0.25) is 0 Å². The largest absolute Gasteiger partial charge is 0.385 e. The zero-order chi connectivity index (χ0) is 15.6. The predicted molar refractivity (Wildman–Crippen MR) is 90.4 cm³/mol. The van der Waals surface area contributed by atoms with Crippen LogP contribution in [0.4, 0.5) is 0 Å². The molecule has 1 saturated heterocycles. The first kappa shape index (κ1) is 17.5. The molecule has 2 aliphatic rings. The monoisotopic (exact) mass is 311 g/mol. The first-order valence-corrected chi connectivity index (χ1v) is 8.89. The summed E-state index contributed by atoms with van der Waals surface area (Å²) in [6.07, 6.45) is 9.12. The Bertz CT molecular complexity index is 324. The Labute approximate surface area is 135 Å². The number of aliphatic imine (C=N–C) groups is 1. The molecule has 0 amide bonds. The second-order valence-electron chi connectivity index (χ2n) is 6.46. The number of likely N-dealkylation sites (tertiary alicyclic amines) is 1. The highest BCUT2D eigenvalue weighted by Gasteiger charge is 2.22. The van der Waals surface area contributed by atoms with Crippen molar-refractivity contribution in [2.24, 2.45) is 10.9 Å². The minimum atomic E-state index is 0.404. The van der Waals surface area contributed by atoms with E-state index in [2.05, 4.69) is 15.2 Å². The summed E-state index contributed by atoms with van der Waals surface area (Å²) >= 11 is 0. The Morgan fingerprint density at radius 3 is 2.55 bits per heavy atom. The van der Waals surface area contributed by atoms with E-state index < -0.39 is 0 Å². The highest BCUT2D eigenvalue weighted by Crippen LogP contribution is 2.33. The molecule has 1 N–H and O–H groups in total. The van der Waals surface area contributed by atoms with Crippen molar-refractivity contribution in [3.63, 3.8) is 0 Å². The number of guanidine groups is 1. The number of nitrogens with zero attached hydrogens (tertiary/aromatic N) is 2. The van der Waals surface area contributed by atoms with Crippen LogP contribution < -0.4 is 5.32 Å². The molecule has 0 unspecified atom stereocenters. The molecule has 0 atom stereocenters. The van der Waals surface area contributed by atoms with Gasteiger partial charge in [-0.2, -0.15) is 0 Å². The summed E-state index contributed by atoms with van der Waals surface area (Å²) < 4.78 is 11.0. The van der Waals surface area contributed by atoms with E-state index in [0.29, 0.717) is 6.10 Å². The summed E-state index contributed by atoms with van der Waals surface area (Å²) in [6, 6.07) is 0. The third-order valence-electron chi connectivity index (χ3n) is 4.57. The molecule has 1 aliphatic carbocycles. The van der Waals surface area contributed by atoms with E-state index in [1.54, 1.807) is 7.11 Å². The lowest BCUT2D eigenvalue weighted by molar-refractivity contribution is 0.00991. The maximum atomic E-state index is 5.91. The number of methoxy groups -OCH3 is 1. The van der Waals surface area contributed by atoms with Crippen LogP contribution in [0.5, 0.6) is 0 Å². The van der Waals surface area contributed by atoms with Crippen LogP contribution in [0.25, 0.3) is 0 Å². The van der Waals surface area contributed by atoms with Gasteiger partial charge in [-0.25, -0.2) is 0 Å². The number of ether oxygens (including phenoxy) is 2. The molecule has 128 valence electrons. The van der Waals surface area contributed by atoms with Crippen LogP contribution in [-0.2, 0) is 9.47 Å². The van der Waals surface area contributed by atoms with Crippen molar-refractivity contribution < 1.29 is 9.47 Å². The van der Waals surface area contributed by atoms with Crippen molar-refractivity contribution in [1.82, 2.24) is 10.2 Å². The fourth-order valence-electron chi connectivity index (χ4n) is 3.02. The number of piperidine rings is 1. The molecule has 0 aromatic rings. The van der Waals surface area contributed by atoms with E-state index in [0.717, 1.165) is 64.0 Å². The summed E-state index contributed by atoms with van der Waals surface area (Å²) in [7, 11) is 3.62. The van der Waals surface area contributed by atoms with E-state index in [1.165, 1.54) is 25.7 Å². The summed E-state index contributed by atoms with van der Waals surface area (Å²) in [6.45, 7) is 4.73. The molecule has 2 rings (SSSR count). The average molecular weight is 311 g/mol. The minimum Gasteiger partial charge on any atom is -0.385 e. The van der Waals surface area contributed by atoms with Gasteiger partial charge in [0.05, 0.1) is 6.10 Å². The summed E-state index contributed by atoms with van der Waals surface area (Å²) in [5, 5.41) is 3.52. The number of hydrogen-bond donors (Lipinski definition) is 1. The first-order valence-electron chi connectivity index (χ1n) is 8.89. The molecule has 5 nitrogen and oxygen atoms in total. The fourth-order valence-corrected chi connectivity index (χ4v) is 3.02. The van der Waals surface area contributed by atoms with Crippen molar-refractivity contribution in [2.75, 3.05) is 47.0 Å². The van der Waals surface area contributed by atoms with Crippen LogP contribution in [0.15, 0.2) is 4.99 Å². The van der Waals surface area contributed by atoms with Crippen LogP contribution in [0, 0.1) is 5.92 Å². The van der Waals surface area contributed by atoms with Gasteiger partial charge >= 0.3 is 0 Å². The highest BCUT2D eigenvalue weighted by molar-refractivity contribution is 5.79. The number of rotatable bonds is 9. The Morgan fingerprint density at radius 2 is 1.91 bits per heavy atom. The molecule has 2 fully saturated rings. The maximum absolute atomic E-state index is 5.91. The normalized spacial score (nSPS) is 20.5. The Kier molecular flexibility index (Phi) is 8.02. The molecule has 0 aromatic carbocycles. The molecule has 0 bridgehead atoms. The van der Waals surface area contributed by atoms with Crippen molar-refractivity contribution in [3.05, 3.63) is 0 Å². The molecule has 1 aliphatic heterocycles. The van der Waals surface area contributed by atoms with Crippen LogP contribution >= 0.6 is 0 Å². The quantitative estimate of drug-likeness (QED) is 0.403. The second kappa shape index (κ2) is 10.1. The van der Waals surface area contributed by atoms with E-state index >= 15 is 0 Å². The SMILES string of the molecule is CN=C(NCCCC1CC1)N1CCC(OCCCOC)CC1. The van der Waals surface area contributed by atoms with Crippen LogP contribution in [0.1, 0.15) is 44.9 Å².